The molecule has 4 rings (SSSR count). The Morgan fingerprint density at radius 2 is 2.00 bits per heavy atom. The molecule has 0 unspecified atom stereocenters. The average molecular weight is 477 g/mol. The fourth-order valence-corrected chi connectivity index (χ4v) is 5.63. The lowest BCUT2D eigenvalue weighted by Crippen LogP contribution is -2.35. The first-order chi connectivity index (χ1) is 15.4. The highest BCUT2D eigenvalue weighted by Gasteiger charge is 2.26. The maximum Gasteiger partial charge on any atom is 0.277 e. The second kappa shape index (κ2) is 9.88. The molecule has 1 aromatic carbocycles. The lowest BCUT2D eigenvalue weighted by Gasteiger charge is -2.25. The summed E-state index contributed by atoms with van der Waals surface area (Å²) in [6.45, 7) is 3.10. The highest BCUT2D eigenvalue weighted by atomic mass is 32.2. The van der Waals surface area contributed by atoms with E-state index in [-0.39, 0.29) is 21.9 Å². The second-order valence-electron chi connectivity index (χ2n) is 7.42. The number of sulfonamides is 1. The Bertz CT molecular complexity index is 1150. The Balaban J connectivity index is 1.42. The van der Waals surface area contributed by atoms with Gasteiger partial charge in [-0.1, -0.05) is 24.2 Å². The van der Waals surface area contributed by atoms with Gasteiger partial charge in [0.2, 0.25) is 21.8 Å². The number of benzene rings is 1. The molecule has 1 aliphatic heterocycles. The van der Waals surface area contributed by atoms with E-state index in [1.165, 1.54) is 4.31 Å². The predicted octanol–water partition coefficient (Wildman–Crippen LogP) is 3.30. The molecule has 32 heavy (non-hydrogen) atoms. The van der Waals surface area contributed by atoms with Gasteiger partial charge in [0.05, 0.1) is 23.0 Å². The smallest absolute Gasteiger partial charge is 0.277 e. The number of carbonyl (C=O) groups is 1. The molecule has 3 heterocycles. The van der Waals surface area contributed by atoms with E-state index in [1.807, 2.05) is 0 Å². The van der Waals surface area contributed by atoms with Crippen LogP contribution in [-0.2, 0) is 21.4 Å². The summed E-state index contributed by atoms with van der Waals surface area (Å²) >= 11 is 1.13. The van der Waals surface area contributed by atoms with E-state index in [1.54, 1.807) is 49.6 Å². The molecule has 0 radical (unpaired) electrons. The summed E-state index contributed by atoms with van der Waals surface area (Å²) in [6, 6.07) is 10.0. The standard InChI is InChI=1S/C21H24N4O5S2/c1-15(19(26)22-14-17-8-6-12-29-17)31-21-24-23-20(30-21)16-7-5-9-18(13-16)32(27,28)25-10-3-2-4-11-25/h5-9,12-13,15H,2-4,10-11,14H2,1H3,(H,22,26)/t15-/m1/s1. The molecule has 170 valence electrons. The zero-order chi connectivity index (χ0) is 22.6. The van der Waals surface area contributed by atoms with Gasteiger partial charge in [0, 0.05) is 18.7 Å². The predicted molar refractivity (Wildman–Crippen MR) is 118 cm³/mol. The number of piperidine rings is 1. The molecule has 0 spiro atoms. The van der Waals surface area contributed by atoms with Crippen molar-refractivity contribution in [2.75, 3.05) is 13.1 Å². The van der Waals surface area contributed by atoms with Crippen molar-refractivity contribution in [2.24, 2.45) is 0 Å². The van der Waals surface area contributed by atoms with E-state index in [9.17, 15) is 13.2 Å². The molecule has 3 aromatic rings. The number of nitrogens with zero attached hydrogens (tertiary/aromatic N) is 3. The van der Waals surface area contributed by atoms with Crippen LogP contribution in [0.15, 0.2) is 61.6 Å². The molecule has 1 aliphatic rings. The minimum absolute atomic E-state index is 0.194. The van der Waals surface area contributed by atoms with Crippen molar-refractivity contribution in [2.45, 2.75) is 48.1 Å². The summed E-state index contributed by atoms with van der Waals surface area (Å²) in [5, 5.41) is 10.6. The van der Waals surface area contributed by atoms with Crippen molar-refractivity contribution < 1.29 is 22.0 Å². The van der Waals surface area contributed by atoms with Crippen LogP contribution in [0.1, 0.15) is 31.9 Å². The third-order valence-corrected chi connectivity index (χ3v) is 7.93. The largest absolute Gasteiger partial charge is 0.467 e. The SMILES string of the molecule is C[C@@H](Sc1nnc(-c2cccc(S(=O)(=O)N3CCCCC3)c2)o1)C(=O)NCc1ccco1. The van der Waals surface area contributed by atoms with E-state index in [0.29, 0.717) is 31.0 Å². The van der Waals surface area contributed by atoms with Gasteiger partial charge in [0.15, 0.2) is 0 Å². The van der Waals surface area contributed by atoms with Crippen LogP contribution in [0.3, 0.4) is 0 Å². The number of rotatable bonds is 8. The summed E-state index contributed by atoms with van der Waals surface area (Å²) in [7, 11) is -3.56. The Morgan fingerprint density at radius 3 is 2.75 bits per heavy atom. The van der Waals surface area contributed by atoms with Gasteiger partial charge in [0.1, 0.15) is 5.76 Å². The maximum absolute atomic E-state index is 12.9. The monoisotopic (exact) mass is 476 g/mol. The number of thioether (sulfide) groups is 1. The quantitative estimate of drug-likeness (QED) is 0.492. The van der Waals surface area contributed by atoms with Gasteiger partial charge in [-0.25, -0.2) is 8.42 Å². The van der Waals surface area contributed by atoms with Crippen LogP contribution in [0.2, 0.25) is 0 Å². The fraction of sp³-hybridized carbons (Fsp3) is 0.381. The van der Waals surface area contributed by atoms with E-state index < -0.39 is 15.3 Å². The zero-order valence-corrected chi connectivity index (χ0v) is 19.2. The maximum atomic E-state index is 12.9. The van der Waals surface area contributed by atoms with Crippen molar-refractivity contribution in [1.82, 2.24) is 19.8 Å². The zero-order valence-electron chi connectivity index (χ0n) is 17.6. The van der Waals surface area contributed by atoms with Gasteiger partial charge in [-0.3, -0.25) is 4.79 Å². The van der Waals surface area contributed by atoms with Crippen molar-refractivity contribution >= 4 is 27.7 Å². The summed E-state index contributed by atoms with van der Waals surface area (Å²) in [5.41, 5.74) is 0.511. The average Bonchev–Trinajstić information content (AvgIpc) is 3.50. The molecule has 1 N–H and O–H groups in total. The third kappa shape index (κ3) is 5.22. The molecule has 1 amide bonds. The molecule has 2 aromatic heterocycles. The van der Waals surface area contributed by atoms with Gasteiger partial charge in [-0.15, -0.1) is 10.2 Å². The number of carbonyl (C=O) groups excluding carboxylic acids is 1. The number of aromatic nitrogens is 2. The minimum atomic E-state index is -3.56. The highest BCUT2D eigenvalue weighted by molar-refractivity contribution is 8.00. The summed E-state index contributed by atoms with van der Waals surface area (Å²) in [6.07, 6.45) is 4.34. The lowest BCUT2D eigenvalue weighted by molar-refractivity contribution is -0.120. The second-order valence-corrected chi connectivity index (χ2v) is 10.7. The van der Waals surface area contributed by atoms with Crippen LogP contribution in [0.4, 0.5) is 0 Å². The summed E-state index contributed by atoms with van der Waals surface area (Å²) in [5.74, 6) is 0.669. The van der Waals surface area contributed by atoms with Gasteiger partial charge in [-0.2, -0.15) is 4.31 Å². The molecule has 11 heteroatoms. The molecule has 9 nitrogen and oxygen atoms in total. The Morgan fingerprint density at radius 1 is 1.19 bits per heavy atom. The number of amides is 1. The van der Waals surface area contributed by atoms with Crippen molar-refractivity contribution in [3.8, 4) is 11.5 Å². The highest BCUT2D eigenvalue weighted by Crippen LogP contribution is 2.28. The first-order valence-corrected chi connectivity index (χ1v) is 12.7. The molecular formula is C21H24N4O5S2. The van der Waals surface area contributed by atoms with E-state index >= 15 is 0 Å². The number of hydrogen-bond acceptors (Lipinski definition) is 8. The molecule has 1 saturated heterocycles. The van der Waals surface area contributed by atoms with E-state index in [4.69, 9.17) is 8.83 Å². The number of nitrogens with one attached hydrogen (secondary N) is 1. The first kappa shape index (κ1) is 22.6. The topological polar surface area (TPSA) is 119 Å². The fourth-order valence-electron chi connectivity index (χ4n) is 3.35. The Kier molecular flexibility index (Phi) is 6.97. The van der Waals surface area contributed by atoms with Crippen molar-refractivity contribution in [1.29, 1.82) is 0 Å². The molecule has 1 fully saturated rings. The van der Waals surface area contributed by atoms with Crippen molar-refractivity contribution in [3.63, 3.8) is 0 Å². The first-order valence-electron chi connectivity index (χ1n) is 10.3. The summed E-state index contributed by atoms with van der Waals surface area (Å²) in [4.78, 5) is 12.5. The van der Waals surface area contributed by atoms with Crippen molar-refractivity contribution in [3.05, 3.63) is 48.4 Å². The molecule has 0 saturated carbocycles. The number of hydrogen-bond donors (Lipinski definition) is 1. The van der Waals surface area contributed by atoms with Crippen LogP contribution in [0.25, 0.3) is 11.5 Å². The van der Waals surface area contributed by atoms with E-state index in [0.717, 1.165) is 31.0 Å². The lowest BCUT2D eigenvalue weighted by atomic mass is 10.2. The normalized spacial score (nSPS) is 16.0. The molecule has 0 aliphatic carbocycles. The Labute approximate surface area is 190 Å². The van der Waals surface area contributed by atoms with Gasteiger partial charge in [-0.05, 0) is 50.1 Å². The number of furan rings is 1. The minimum Gasteiger partial charge on any atom is -0.467 e. The van der Waals surface area contributed by atoms with Crippen LogP contribution in [-0.4, -0.2) is 47.2 Å². The van der Waals surface area contributed by atoms with Crippen LogP contribution >= 0.6 is 11.8 Å². The van der Waals surface area contributed by atoms with Gasteiger partial charge in [0.25, 0.3) is 5.22 Å². The Hall–Kier alpha value is -2.63. The van der Waals surface area contributed by atoms with Gasteiger partial charge < -0.3 is 14.2 Å². The summed E-state index contributed by atoms with van der Waals surface area (Å²) < 4.78 is 38.3. The molecule has 0 bridgehead atoms. The van der Waals surface area contributed by atoms with Gasteiger partial charge >= 0.3 is 0 Å². The molecule has 1 atom stereocenters. The van der Waals surface area contributed by atoms with E-state index in [2.05, 4.69) is 15.5 Å². The van der Waals surface area contributed by atoms with Crippen LogP contribution in [0.5, 0.6) is 0 Å². The van der Waals surface area contributed by atoms with Crippen LogP contribution < -0.4 is 5.32 Å². The molecular weight excluding hydrogens is 452 g/mol. The third-order valence-electron chi connectivity index (χ3n) is 5.10. The van der Waals surface area contributed by atoms with Crippen LogP contribution in [0, 0.1) is 0 Å².